The van der Waals surface area contributed by atoms with Crippen LogP contribution in [0.5, 0.6) is 0 Å². The Morgan fingerprint density at radius 1 is 0.960 bits per heavy atom. The minimum atomic E-state index is -0.773. The zero-order chi connectivity index (χ0) is 17.9. The molecule has 0 saturated heterocycles. The third-order valence-electron chi connectivity index (χ3n) is 4.49. The number of hydrogen-bond donors (Lipinski definition) is 2. The van der Waals surface area contributed by atoms with E-state index >= 15 is 0 Å². The highest BCUT2D eigenvalue weighted by Gasteiger charge is 2.30. The molecular formula is C22H23NO2. The smallest absolute Gasteiger partial charge is 0.224 e. The summed E-state index contributed by atoms with van der Waals surface area (Å²) < 4.78 is 0. The molecule has 0 aliphatic rings. The van der Waals surface area contributed by atoms with Crippen LogP contribution in [0.1, 0.15) is 31.1 Å². The number of amides is 1. The molecule has 3 rings (SSSR count). The van der Waals surface area contributed by atoms with E-state index in [1.165, 1.54) is 0 Å². The minimum Gasteiger partial charge on any atom is -0.386 e. The Balaban J connectivity index is 1.75. The van der Waals surface area contributed by atoms with Crippen molar-refractivity contribution in [2.45, 2.75) is 31.9 Å². The highest BCUT2D eigenvalue weighted by atomic mass is 16.3. The molecule has 3 aromatic carbocycles. The predicted molar refractivity (Wildman–Crippen MR) is 101 cm³/mol. The number of benzene rings is 3. The lowest BCUT2D eigenvalue weighted by Gasteiger charge is -2.32. The maximum Gasteiger partial charge on any atom is 0.224 e. The van der Waals surface area contributed by atoms with Crippen molar-refractivity contribution in [3.8, 4) is 0 Å². The Labute approximate surface area is 148 Å². The Bertz CT molecular complexity index is 866. The number of rotatable bonds is 5. The zero-order valence-corrected chi connectivity index (χ0v) is 14.6. The van der Waals surface area contributed by atoms with Crippen molar-refractivity contribution in [1.29, 1.82) is 0 Å². The van der Waals surface area contributed by atoms with E-state index in [2.05, 4.69) is 5.32 Å². The molecule has 0 saturated carbocycles. The van der Waals surface area contributed by atoms with Crippen LogP contribution in [0, 0.1) is 0 Å². The summed E-state index contributed by atoms with van der Waals surface area (Å²) in [5.41, 5.74) is 1.02. The Kier molecular flexibility index (Phi) is 4.86. The first-order chi connectivity index (χ1) is 12.0. The fraction of sp³-hybridized carbons (Fsp3) is 0.227. The van der Waals surface area contributed by atoms with Crippen LogP contribution < -0.4 is 5.32 Å². The molecule has 128 valence electrons. The molecule has 0 spiro atoms. The van der Waals surface area contributed by atoms with E-state index in [4.69, 9.17) is 0 Å². The summed E-state index contributed by atoms with van der Waals surface area (Å²) in [5, 5.41) is 15.8. The second-order valence-electron chi connectivity index (χ2n) is 6.90. The molecule has 3 heteroatoms. The first kappa shape index (κ1) is 17.2. The van der Waals surface area contributed by atoms with Crippen molar-refractivity contribution in [2.24, 2.45) is 0 Å². The lowest BCUT2D eigenvalue weighted by Crippen LogP contribution is -2.48. The van der Waals surface area contributed by atoms with E-state index < -0.39 is 11.6 Å². The van der Waals surface area contributed by atoms with E-state index in [1.807, 2.05) is 86.6 Å². The fourth-order valence-corrected chi connectivity index (χ4v) is 3.14. The molecule has 0 aliphatic carbocycles. The van der Waals surface area contributed by atoms with Gasteiger partial charge < -0.3 is 10.4 Å². The van der Waals surface area contributed by atoms with Crippen LogP contribution in [0.2, 0.25) is 0 Å². The first-order valence-electron chi connectivity index (χ1n) is 8.48. The van der Waals surface area contributed by atoms with Gasteiger partial charge in [0.25, 0.3) is 0 Å². The molecule has 0 bridgehead atoms. The second-order valence-corrected chi connectivity index (χ2v) is 6.90. The van der Waals surface area contributed by atoms with Crippen molar-refractivity contribution in [3.05, 3.63) is 83.9 Å². The van der Waals surface area contributed by atoms with Gasteiger partial charge >= 0.3 is 0 Å². The normalized spacial score (nSPS) is 12.8. The van der Waals surface area contributed by atoms with Gasteiger partial charge in [0.2, 0.25) is 5.91 Å². The van der Waals surface area contributed by atoms with Gasteiger partial charge in [0.1, 0.15) is 6.10 Å². The van der Waals surface area contributed by atoms with Gasteiger partial charge in [-0.25, -0.2) is 0 Å². The van der Waals surface area contributed by atoms with Crippen LogP contribution in [0.25, 0.3) is 10.8 Å². The third kappa shape index (κ3) is 3.89. The van der Waals surface area contributed by atoms with Gasteiger partial charge in [0.05, 0.1) is 12.0 Å². The van der Waals surface area contributed by atoms with Crippen LogP contribution in [-0.2, 0) is 11.2 Å². The monoisotopic (exact) mass is 333 g/mol. The molecule has 0 aromatic heterocycles. The van der Waals surface area contributed by atoms with Crippen molar-refractivity contribution >= 4 is 16.7 Å². The van der Waals surface area contributed by atoms with Crippen molar-refractivity contribution in [1.82, 2.24) is 5.32 Å². The second kappa shape index (κ2) is 7.08. The Hall–Kier alpha value is -2.65. The zero-order valence-electron chi connectivity index (χ0n) is 14.6. The molecule has 0 unspecified atom stereocenters. The van der Waals surface area contributed by atoms with Crippen LogP contribution in [-0.4, -0.2) is 16.6 Å². The summed E-state index contributed by atoms with van der Waals surface area (Å²) >= 11 is 0. The van der Waals surface area contributed by atoms with Crippen LogP contribution >= 0.6 is 0 Å². The topological polar surface area (TPSA) is 49.3 Å². The molecular weight excluding hydrogens is 310 g/mol. The van der Waals surface area contributed by atoms with E-state index in [9.17, 15) is 9.90 Å². The van der Waals surface area contributed by atoms with E-state index in [0.29, 0.717) is 0 Å². The highest BCUT2D eigenvalue weighted by molar-refractivity contribution is 5.90. The number of nitrogens with one attached hydrogen (secondary N) is 1. The van der Waals surface area contributed by atoms with E-state index in [-0.39, 0.29) is 12.3 Å². The summed E-state index contributed by atoms with van der Waals surface area (Å²) in [6.07, 6.45) is -0.489. The molecule has 3 aromatic rings. The van der Waals surface area contributed by atoms with Gasteiger partial charge in [0, 0.05) is 0 Å². The van der Waals surface area contributed by atoms with E-state index in [0.717, 1.165) is 21.9 Å². The Morgan fingerprint density at radius 3 is 2.36 bits per heavy atom. The number of hydrogen-bond acceptors (Lipinski definition) is 2. The largest absolute Gasteiger partial charge is 0.386 e. The summed E-state index contributed by atoms with van der Waals surface area (Å²) in [6.45, 7) is 3.68. The molecule has 0 fully saturated rings. The van der Waals surface area contributed by atoms with Crippen molar-refractivity contribution in [2.75, 3.05) is 0 Å². The SMILES string of the molecule is CC(C)(NC(=O)Cc1cccc2ccccc12)[C@H](O)c1ccccc1. The number of carbonyl (C=O) groups is 1. The molecule has 0 radical (unpaired) electrons. The van der Waals surface area contributed by atoms with Gasteiger partial charge in [-0.05, 0) is 35.7 Å². The van der Waals surface area contributed by atoms with Gasteiger partial charge in [-0.2, -0.15) is 0 Å². The van der Waals surface area contributed by atoms with Gasteiger partial charge in [-0.1, -0.05) is 72.8 Å². The number of aliphatic hydroxyl groups is 1. The molecule has 1 atom stereocenters. The van der Waals surface area contributed by atoms with Gasteiger partial charge in [-0.3, -0.25) is 4.79 Å². The first-order valence-corrected chi connectivity index (χ1v) is 8.48. The molecule has 2 N–H and O–H groups in total. The molecule has 0 heterocycles. The predicted octanol–water partition coefficient (Wildman–Crippen LogP) is 4.01. The molecule has 0 aliphatic heterocycles. The highest BCUT2D eigenvalue weighted by Crippen LogP contribution is 2.26. The maximum absolute atomic E-state index is 12.6. The van der Waals surface area contributed by atoms with Crippen LogP contribution in [0.15, 0.2) is 72.8 Å². The summed E-state index contributed by atoms with van der Waals surface area (Å²) in [7, 11) is 0. The summed E-state index contributed by atoms with van der Waals surface area (Å²) in [5.74, 6) is -0.101. The average Bonchev–Trinajstić information content (AvgIpc) is 2.61. The molecule has 3 nitrogen and oxygen atoms in total. The lowest BCUT2D eigenvalue weighted by molar-refractivity contribution is -0.123. The maximum atomic E-state index is 12.6. The van der Waals surface area contributed by atoms with Gasteiger partial charge in [0.15, 0.2) is 0 Å². The van der Waals surface area contributed by atoms with Crippen molar-refractivity contribution in [3.63, 3.8) is 0 Å². The minimum absolute atomic E-state index is 0.101. The number of fused-ring (bicyclic) bond motifs is 1. The Morgan fingerprint density at radius 2 is 1.60 bits per heavy atom. The fourth-order valence-electron chi connectivity index (χ4n) is 3.14. The van der Waals surface area contributed by atoms with Gasteiger partial charge in [-0.15, -0.1) is 0 Å². The lowest BCUT2D eigenvalue weighted by atomic mass is 9.91. The third-order valence-corrected chi connectivity index (χ3v) is 4.49. The van der Waals surface area contributed by atoms with E-state index in [1.54, 1.807) is 0 Å². The standard InChI is InChI=1S/C22H23NO2/c1-22(2,21(25)17-10-4-3-5-11-17)23-20(24)15-18-13-8-12-16-9-6-7-14-19(16)18/h3-14,21,25H,15H2,1-2H3,(H,23,24)/t21-/m1/s1. The summed E-state index contributed by atoms with van der Waals surface area (Å²) in [4.78, 5) is 12.6. The quantitative estimate of drug-likeness (QED) is 0.741. The van der Waals surface area contributed by atoms with Crippen molar-refractivity contribution < 1.29 is 9.90 Å². The number of carbonyl (C=O) groups excluding carboxylic acids is 1. The molecule has 1 amide bonds. The molecule has 25 heavy (non-hydrogen) atoms. The summed E-state index contributed by atoms with van der Waals surface area (Å²) in [6, 6.07) is 23.4. The van der Waals surface area contributed by atoms with Crippen LogP contribution in [0.3, 0.4) is 0 Å². The van der Waals surface area contributed by atoms with Crippen LogP contribution in [0.4, 0.5) is 0 Å². The number of aliphatic hydroxyl groups excluding tert-OH is 1. The average molecular weight is 333 g/mol.